The van der Waals surface area contributed by atoms with Gasteiger partial charge in [-0.15, -0.1) is 0 Å². The summed E-state index contributed by atoms with van der Waals surface area (Å²) < 4.78 is 5.63. The van der Waals surface area contributed by atoms with Gasteiger partial charge in [0.25, 0.3) is 0 Å². The Bertz CT molecular complexity index is 315. The Labute approximate surface area is 97.9 Å². The van der Waals surface area contributed by atoms with Crippen LogP contribution in [0.3, 0.4) is 0 Å². The quantitative estimate of drug-likeness (QED) is 0.656. The fourth-order valence-corrected chi connectivity index (χ4v) is 1.59. The van der Waals surface area contributed by atoms with E-state index in [0.29, 0.717) is 6.42 Å². The molecule has 0 spiro atoms. The van der Waals surface area contributed by atoms with E-state index in [-0.39, 0.29) is 6.10 Å². The Morgan fingerprint density at radius 3 is 2.69 bits per heavy atom. The topological polar surface area (TPSA) is 33.0 Å². The summed E-state index contributed by atoms with van der Waals surface area (Å²) in [4.78, 5) is 0. The highest BCUT2D eigenvalue weighted by Crippen LogP contribution is 2.06. The van der Waals surface area contributed by atoms with E-state index in [4.69, 9.17) is 10.00 Å². The van der Waals surface area contributed by atoms with Crippen molar-refractivity contribution in [1.29, 1.82) is 5.26 Å². The highest BCUT2D eigenvalue weighted by Gasteiger charge is 2.04. The van der Waals surface area contributed by atoms with Gasteiger partial charge in [0.1, 0.15) is 0 Å². The summed E-state index contributed by atoms with van der Waals surface area (Å²) in [6, 6.07) is 12.6. The van der Waals surface area contributed by atoms with E-state index in [1.54, 1.807) is 0 Å². The van der Waals surface area contributed by atoms with E-state index < -0.39 is 0 Å². The lowest BCUT2D eigenvalue weighted by atomic mass is 10.1. The molecule has 0 saturated heterocycles. The number of hydrogen-bond acceptors (Lipinski definition) is 2. The Morgan fingerprint density at radius 2 is 2.06 bits per heavy atom. The molecule has 0 saturated carbocycles. The lowest BCUT2D eigenvalue weighted by Crippen LogP contribution is -2.12. The second-order valence-corrected chi connectivity index (χ2v) is 3.85. The van der Waals surface area contributed by atoms with Crippen LogP contribution < -0.4 is 0 Å². The maximum atomic E-state index is 8.57. The summed E-state index contributed by atoms with van der Waals surface area (Å²) in [5.41, 5.74) is 1.35. The van der Waals surface area contributed by atoms with Crippen molar-refractivity contribution in [1.82, 2.24) is 0 Å². The molecule has 0 heterocycles. The molecule has 1 rings (SSSR count). The SMILES string of the molecule is CCC(CC#N)OCCCc1ccccc1. The lowest BCUT2D eigenvalue weighted by Gasteiger charge is -2.12. The van der Waals surface area contributed by atoms with E-state index in [1.807, 2.05) is 6.07 Å². The molecule has 1 aromatic rings. The number of ether oxygens (including phenoxy) is 1. The second kappa shape index (κ2) is 7.90. The van der Waals surface area contributed by atoms with Gasteiger partial charge in [-0.1, -0.05) is 37.3 Å². The van der Waals surface area contributed by atoms with Crippen LogP contribution >= 0.6 is 0 Å². The van der Waals surface area contributed by atoms with Crippen LogP contribution in [-0.2, 0) is 11.2 Å². The number of nitrogens with zero attached hydrogens (tertiary/aromatic N) is 1. The first kappa shape index (κ1) is 12.7. The first-order valence-electron chi connectivity index (χ1n) is 5.89. The minimum Gasteiger partial charge on any atom is -0.377 e. The Morgan fingerprint density at radius 1 is 1.31 bits per heavy atom. The minimum atomic E-state index is 0.112. The number of nitriles is 1. The monoisotopic (exact) mass is 217 g/mol. The normalized spacial score (nSPS) is 12.0. The maximum absolute atomic E-state index is 8.57. The number of benzene rings is 1. The van der Waals surface area contributed by atoms with Crippen LogP contribution in [0.5, 0.6) is 0 Å². The largest absolute Gasteiger partial charge is 0.377 e. The Hall–Kier alpha value is -1.33. The van der Waals surface area contributed by atoms with Crippen molar-refractivity contribution in [2.45, 2.75) is 38.7 Å². The fraction of sp³-hybridized carbons (Fsp3) is 0.500. The van der Waals surface area contributed by atoms with Crippen molar-refractivity contribution >= 4 is 0 Å². The van der Waals surface area contributed by atoms with Crippen molar-refractivity contribution in [3.05, 3.63) is 35.9 Å². The van der Waals surface area contributed by atoms with Gasteiger partial charge >= 0.3 is 0 Å². The van der Waals surface area contributed by atoms with Gasteiger partial charge in [0, 0.05) is 6.61 Å². The fourth-order valence-electron chi connectivity index (χ4n) is 1.59. The molecule has 1 unspecified atom stereocenters. The molecule has 0 aliphatic heterocycles. The van der Waals surface area contributed by atoms with E-state index in [0.717, 1.165) is 25.9 Å². The third kappa shape index (κ3) is 4.95. The molecule has 0 radical (unpaired) electrons. The average Bonchev–Trinajstić information content (AvgIpc) is 2.34. The molecule has 86 valence electrons. The van der Waals surface area contributed by atoms with E-state index >= 15 is 0 Å². The third-order valence-electron chi connectivity index (χ3n) is 2.58. The second-order valence-electron chi connectivity index (χ2n) is 3.85. The van der Waals surface area contributed by atoms with Crippen molar-refractivity contribution in [3.63, 3.8) is 0 Å². The number of hydrogen-bond donors (Lipinski definition) is 0. The maximum Gasteiger partial charge on any atom is 0.0702 e. The van der Waals surface area contributed by atoms with Gasteiger partial charge in [0.15, 0.2) is 0 Å². The molecule has 0 amide bonds. The zero-order valence-electron chi connectivity index (χ0n) is 9.86. The molecule has 16 heavy (non-hydrogen) atoms. The highest BCUT2D eigenvalue weighted by molar-refractivity contribution is 5.14. The van der Waals surface area contributed by atoms with Gasteiger partial charge in [0.2, 0.25) is 0 Å². The van der Waals surface area contributed by atoms with Crippen molar-refractivity contribution in [2.75, 3.05) is 6.61 Å². The first-order chi connectivity index (χ1) is 7.86. The summed E-state index contributed by atoms with van der Waals surface area (Å²) in [5, 5.41) is 8.57. The van der Waals surface area contributed by atoms with Crippen molar-refractivity contribution < 1.29 is 4.74 Å². The zero-order chi connectivity index (χ0) is 11.6. The summed E-state index contributed by atoms with van der Waals surface area (Å²) in [6.45, 7) is 2.80. The first-order valence-corrected chi connectivity index (χ1v) is 5.89. The molecule has 0 aliphatic carbocycles. The standard InChI is InChI=1S/C14H19NO/c1-2-14(10-11-15)16-12-6-9-13-7-4-3-5-8-13/h3-5,7-8,14H,2,6,9-10,12H2,1H3. The Balaban J connectivity index is 2.14. The summed E-state index contributed by atoms with van der Waals surface area (Å²) in [5.74, 6) is 0. The molecule has 1 aromatic carbocycles. The molecule has 0 fully saturated rings. The molecular formula is C14H19NO. The third-order valence-corrected chi connectivity index (χ3v) is 2.58. The number of aryl methyl sites for hydroxylation is 1. The van der Waals surface area contributed by atoms with E-state index in [9.17, 15) is 0 Å². The summed E-state index contributed by atoms with van der Waals surface area (Å²) in [6.07, 6.45) is 3.59. The summed E-state index contributed by atoms with van der Waals surface area (Å²) in [7, 11) is 0. The molecule has 2 heteroatoms. The molecule has 0 aliphatic rings. The predicted octanol–water partition coefficient (Wildman–Crippen LogP) is 3.33. The van der Waals surface area contributed by atoms with Crippen LogP contribution in [-0.4, -0.2) is 12.7 Å². The molecule has 0 aromatic heterocycles. The van der Waals surface area contributed by atoms with Crippen LogP contribution in [0.1, 0.15) is 31.7 Å². The lowest BCUT2D eigenvalue weighted by molar-refractivity contribution is 0.0525. The highest BCUT2D eigenvalue weighted by atomic mass is 16.5. The molecule has 1 atom stereocenters. The van der Waals surface area contributed by atoms with Crippen LogP contribution in [0.25, 0.3) is 0 Å². The van der Waals surface area contributed by atoms with Crippen LogP contribution in [0, 0.1) is 11.3 Å². The van der Waals surface area contributed by atoms with Gasteiger partial charge in [-0.05, 0) is 24.8 Å². The predicted molar refractivity (Wildman–Crippen MR) is 65.0 cm³/mol. The Kier molecular flexibility index (Phi) is 6.29. The molecule has 0 N–H and O–H groups in total. The van der Waals surface area contributed by atoms with Gasteiger partial charge in [-0.3, -0.25) is 0 Å². The van der Waals surface area contributed by atoms with E-state index in [2.05, 4.69) is 37.3 Å². The van der Waals surface area contributed by atoms with Gasteiger partial charge in [-0.25, -0.2) is 0 Å². The summed E-state index contributed by atoms with van der Waals surface area (Å²) >= 11 is 0. The zero-order valence-corrected chi connectivity index (χ0v) is 9.86. The van der Waals surface area contributed by atoms with Crippen LogP contribution in [0.4, 0.5) is 0 Å². The average molecular weight is 217 g/mol. The van der Waals surface area contributed by atoms with Crippen molar-refractivity contribution in [3.8, 4) is 6.07 Å². The van der Waals surface area contributed by atoms with Crippen molar-refractivity contribution in [2.24, 2.45) is 0 Å². The van der Waals surface area contributed by atoms with Gasteiger partial charge < -0.3 is 4.74 Å². The smallest absolute Gasteiger partial charge is 0.0702 e. The number of rotatable bonds is 7. The molecular weight excluding hydrogens is 198 g/mol. The minimum absolute atomic E-state index is 0.112. The van der Waals surface area contributed by atoms with Gasteiger partial charge in [0.05, 0.1) is 18.6 Å². The van der Waals surface area contributed by atoms with Gasteiger partial charge in [-0.2, -0.15) is 5.26 Å². The van der Waals surface area contributed by atoms with Crippen LogP contribution in [0.15, 0.2) is 30.3 Å². The molecule has 0 bridgehead atoms. The van der Waals surface area contributed by atoms with E-state index in [1.165, 1.54) is 5.56 Å². The van der Waals surface area contributed by atoms with Crippen LogP contribution in [0.2, 0.25) is 0 Å². The molecule has 2 nitrogen and oxygen atoms in total.